The highest BCUT2D eigenvalue weighted by atomic mass is 19.1. The number of halogens is 1. The number of benzene rings is 1. The number of fused-ring (bicyclic) bond motifs is 1. The van der Waals surface area contributed by atoms with E-state index in [4.69, 9.17) is 4.98 Å². The number of hydrogen-bond acceptors (Lipinski definition) is 5. The Morgan fingerprint density at radius 2 is 1.75 bits per heavy atom. The molecule has 2 aliphatic rings. The van der Waals surface area contributed by atoms with Gasteiger partial charge in [-0.25, -0.2) is 19.3 Å². The van der Waals surface area contributed by atoms with Crippen molar-refractivity contribution >= 4 is 16.9 Å². The lowest BCUT2D eigenvalue weighted by Crippen LogP contribution is -2.34. The predicted octanol–water partition coefficient (Wildman–Crippen LogP) is 3.78. The van der Waals surface area contributed by atoms with E-state index in [0.717, 1.165) is 56.4 Å². The smallest absolute Gasteiger partial charge is 0.261 e. The lowest BCUT2D eigenvalue weighted by molar-refractivity contribution is 0.453. The first kappa shape index (κ1) is 17.3. The molecule has 1 aliphatic heterocycles. The van der Waals surface area contributed by atoms with Gasteiger partial charge in [0, 0.05) is 12.6 Å². The van der Waals surface area contributed by atoms with E-state index in [2.05, 4.69) is 14.9 Å². The summed E-state index contributed by atoms with van der Waals surface area (Å²) in [6.45, 7) is 0.768. The van der Waals surface area contributed by atoms with Gasteiger partial charge in [0.2, 0.25) is 5.95 Å². The Morgan fingerprint density at radius 1 is 1.00 bits per heavy atom. The van der Waals surface area contributed by atoms with Gasteiger partial charge in [0.15, 0.2) is 5.82 Å². The zero-order valence-corrected chi connectivity index (χ0v) is 15.6. The Bertz CT molecular complexity index is 1060. The topological polar surface area (TPSA) is 63.9 Å². The second-order valence-corrected chi connectivity index (χ2v) is 7.65. The first-order valence-corrected chi connectivity index (χ1v) is 9.98. The minimum Gasteiger partial charge on any atom is -0.331 e. The van der Waals surface area contributed by atoms with Crippen LogP contribution < -0.4 is 10.5 Å². The average Bonchev–Trinajstić information content (AvgIpc) is 3.40. The van der Waals surface area contributed by atoms with Gasteiger partial charge in [-0.1, -0.05) is 25.0 Å². The molecule has 0 radical (unpaired) electrons. The van der Waals surface area contributed by atoms with Crippen molar-refractivity contribution in [2.24, 2.45) is 0 Å². The minimum absolute atomic E-state index is 0.0411. The molecule has 0 N–H and O–H groups in total. The van der Waals surface area contributed by atoms with E-state index in [1.165, 1.54) is 12.4 Å². The summed E-state index contributed by atoms with van der Waals surface area (Å²) < 4.78 is 15.2. The van der Waals surface area contributed by atoms with Crippen molar-refractivity contribution in [3.05, 3.63) is 58.7 Å². The molecule has 2 aromatic heterocycles. The summed E-state index contributed by atoms with van der Waals surface area (Å²) in [6, 6.07) is 7.66. The normalized spacial score (nSPS) is 20.3. The summed E-state index contributed by atoms with van der Waals surface area (Å²) in [5, 5.41) is 0.667. The van der Waals surface area contributed by atoms with Crippen LogP contribution >= 0.6 is 0 Å². The zero-order chi connectivity index (χ0) is 19.1. The van der Waals surface area contributed by atoms with Crippen LogP contribution in [0.3, 0.4) is 0 Å². The third-order valence-corrected chi connectivity index (χ3v) is 5.94. The number of nitrogens with zero attached hydrogens (tertiary/aromatic N) is 5. The van der Waals surface area contributed by atoms with Crippen molar-refractivity contribution in [2.45, 2.75) is 50.6 Å². The van der Waals surface area contributed by atoms with Crippen LogP contribution in [0.15, 0.2) is 41.5 Å². The molecule has 5 rings (SSSR count). The van der Waals surface area contributed by atoms with Crippen LogP contribution in [0.1, 0.15) is 56.4 Å². The first-order valence-electron chi connectivity index (χ1n) is 9.98. The van der Waals surface area contributed by atoms with Crippen molar-refractivity contribution in [1.29, 1.82) is 0 Å². The molecule has 28 heavy (non-hydrogen) atoms. The van der Waals surface area contributed by atoms with Crippen LogP contribution in [-0.2, 0) is 0 Å². The van der Waals surface area contributed by atoms with Crippen LogP contribution in [0.5, 0.6) is 0 Å². The quantitative estimate of drug-likeness (QED) is 0.693. The molecule has 0 bridgehead atoms. The van der Waals surface area contributed by atoms with Gasteiger partial charge in [-0.15, -0.1) is 0 Å². The van der Waals surface area contributed by atoms with Crippen molar-refractivity contribution in [3.63, 3.8) is 0 Å². The van der Waals surface area contributed by atoms with Gasteiger partial charge in [-0.3, -0.25) is 9.36 Å². The third kappa shape index (κ3) is 2.85. The summed E-state index contributed by atoms with van der Waals surface area (Å²) in [5.74, 6) is 0.830. The van der Waals surface area contributed by atoms with Crippen LogP contribution in [0.25, 0.3) is 10.9 Å². The lowest BCUT2D eigenvalue weighted by Gasteiger charge is -2.28. The summed E-state index contributed by atoms with van der Waals surface area (Å²) in [4.78, 5) is 28.8. The molecule has 6 nitrogen and oxygen atoms in total. The summed E-state index contributed by atoms with van der Waals surface area (Å²) in [5.41, 5.74) is 0.767. The molecular weight excluding hydrogens is 357 g/mol. The van der Waals surface area contributed by atoms with E-state index in [1.54, 1.807) is 0 Å². The Kier molecular flexibility index (Phi) is 4.30. The number of rotatable bonds is 3. The van der Waals surface area contributed by atoms with Gasteiger partial charge < -0.3 is 4.90 Å². The third-order valence-electron chi connectivity index (χ3n) is 5.94. The molecule has 0 amide bonds. The fraction of sp³-hybridized carbons (Fsp3) is 0.429. The summed E-state index contributed by atoms with van der Waals surface area (Å²) in [7, 11) is 0. The Morgan fingerprint density at radius 3 is 2.54 bits per heavy atom. The van der Waals surface area contributed by atoms with Crippen LogP contribution in [-0.4, -0.2) is 26.1 Å². The number of para-hydroxylation sites is 1. The second-order valence-electron chi connectivity index (χ2n) is 7.65. The van der Waals surface area contributed by atoms with E-state index in [0.29, 0.717) is 11.3 Å². The molecule has 0 spiro atoms. The highest BCUT2D eigenvalue weighted by Gasteiger charge is 2.34. The van der Waals surface area contributed by atoms with E-state index in [1.807, 2.05) is 28.8 Å². The van der Waals surface area contributed by atoms with E-state index >= 15 is 0 Å². The maximum Gasteiger partial charge on any atom is 0.261 e. The van der Waals surface area contributed by atoms with E-state index in [9.17, 15) is 9.18 Å². The van der Waals surface area contributed by atoms with Crippen LogP contribution in [0.2, 0.25) is 0 Å². The van der Waals surface area contributed by atoms with Crippen LogP contribution in [0.4, 0.5) is 10.3 Å². The first-order chi connectivity index (χ1) is 13.7. The average molecular weight is 379 g/mol. The molecule has 3 aromatic rings. The van der Waals surface area contributed by atoms with Gasteiger partial charge in [0.25, 0.3) is 5.56 Å². The monoisotopic (exact) mass is 379 g/mol. The maximum atomic E-state index is 13.4. The largest absolute Gasteiger partial charge is 0.331 e. The summed E-state index contributed by atoms with van der Waals surface area (Å²) in [6.07, 6.45) is 8.50. The van der Waals surface area contributed by atoms with Crippen molar-refractivity contribution in [1.82, 2.24) is 19.5 Å². The SMILES string of the molecule is O=c1c2ccccc2nc(C2CCCN2c2ncc(F)cn2)n1C1CCCC1. The predicted molar refractivity (Wildman–Crippen MR) is 105 cm³/mol. The molecule has 3 heterocycles. The molecule has 1 aromatic carbocycles. The zero-order valence-electron chi connectivity index (χ0n) is 15.6. The van der Waals surface area contributed by atoms with E-state index < -0.39 is 5.82 Å². The fourth-order valence-electron chi connectivity index (χ4n) is 4.64. The maximum absolute atomic E-state index is 13.4. The molecule has 7 heteroatoms. The fourth-order valence-corrected chi connectivity index (χ4v) is 4.64. The molecule has 2 fully saturated rings. The van der Waals surface area contributed by atoms with Gasteiger partial charge in [-0.05, 0) is 37.8 Å². The molecule has 144 valence electrons. The standard InChI is InChI=1S/C21H22FN5O/c22-14-12-23-21(24-13-14)26-11-5-10-18(26)19-25-17-9-4-3-8-16(17)20(28)27(19)15-6-1-2-7-15/h3-4,8-9,12-13,15,18H,1-2,5-7,10-11H2. The number of anilines is 1. The van der Waals surface area contributed by atoms with Gasteiger partial charge in [0.05, 0.1) is 29.3 Å². The lowest BCUT2D eigenvalue weighted by atomic mass is 10.1. The molecule has 1 aliphatic carbocycles. The number of aromatic nitrogens is 4. The molecule has 1 unspecified atom stereocenters. The molecule has 1 atom stereocenters. The Balaban J connectivity index is 1.67. The highest BCUT2D eigenvalue weighted by molar-refractivity contribution is 5.77. The molecule has 1 saturated heterocycles. The molecular formula is C21H22FN5O. The Labute approximate surface area is 162 Å². The van der Waals surface area contributed by atoms with Gasteiger partial charge >= 0.3 is 0 Å². The van der Waals surface area contributed by atoms with Crippen molar-refractivity contribution < 1.29 is 4.39 Å². The molecule has 1 saturated carbocycles. The second kappa shape index (κ2) is 6.96. The van der Waals surface area contributed by atoms with Crippen molar-refractivity contribution in [3.8, 4) is 0 Å². The number of hydrogen-bond donors (Lipinski definition) is 0. The van der Waals surface area contributed by atoms with Gasteiger partial charge in [-0.2, -0.15) is 0 Å². The Hall–Kier alpha value is -2.83. The minimum atomic E-state index is -0.453. The van der Waals surface area contributed by atoms with Crippen LogP contribution in [0, 0.1) is 5.82 Å². The van der Waals surface area contributed by atoms with Gasteiger partial charge in [0.1, 0.15) is 5.82 Å². The van der Waals surface area contributed by atoms with E-state index in [-0.39, 0.29) is 17.6 Å². The summed E-state index contributed by atoms with van der Waals surface area (Å²) >= 11 is 0. The highest BCUT2D eigenvalue weighted by Crippen LogP contribution is 2.37. The van der Waals surface area contributed by atoms with Crippen molar-refractivity contribution in [2.75, 3.05) is 11.4 Å².